The summed E-state index contributed by atoms with van der Waals surface area (Å²) >= 11 is 0. The lowest BCUT2D eigenvalue weighted by Gasteiger charge is -2.45. The number of hydrogen-bond donors (Lipinski definition) is 0. The fourth-order valence-electron chi connectivity index (χ4n) is 5.75. The number of nitrogens with zero attached hydrogens (tertiary/aromatic N) is 1. The van der Waals surface area contributed by atoms with Crippen molar-refractivity contribution in [1.29, 1.82) is 5.26 Å². The summed E-state index contributed by atoms with van der Waals surface area (Å²) in [5.41, 5.74) is 2.29. The molecule has 2 aliphatic carbocycles. The van der Waals surface area contributed by atoms with Crippen LogP contribution in [-0.2, 0) is 4.74 Å². The molecule has 0 heterocycles. The molecule has 1 atom stereocenters. The van der Waals surface area contributed by atoms with E-state index in [1.165, 1.54) is 56.1 Å². The smallest absolute Gasteiger partial charge is 0.0928 e. The van der Waals surface area contributed by atoms with E-state index in [2.05, 4.69) is 68.5 Å². The molecule has 0 spiro atoms. The molecule has 0 aromatic heterocycles. The molecular weight excluding hydrogens is 402 g/mol. The number of ether oxygens (including phenoxy) is 1. The molecular formula is C31H45NO. The predicted octanol–water partition coefficient (Wildman–Crippen LogP) is 9.04. The highest BCUT2D eigenvalue weighted by Crippen LogP contribution is 2.48. The number of allylic oxidation sites excluding steroid dienone is 2. The molecule has 33 heavy (non-hydrogen) atoms. The third-order valence-electron chi connectivity index (χ3n) is 8.04. The van der Waals surface area contributed by atoms with Gasteiger partial charge in [0.2, 0.25) is 0 Å². The Hall–Kier alpha value is -1.85. The molecule has 180 valence electrons. The Morgan fingerprint density at radius 2 is 1.64 bits per heavy atom. The van der Waals surface area contributed by atoms with Gasteiger partial charge in [0.25, 0.3) is 0 Å². The van der Waals surface area contributed by atoms with Crippen molar-refractivity contribution in [2.75, 3.05) is 6.61 Å². The monoisotopic (exact) mass is 447 g/mol. The lowest BCUT2D eigenvalue weighted by molar-refractivity contribution is -0.0685. The fourth-order valence-corrected chi connectivity index (χ4v) is 5.75. The summed E-state index contributed by atoms with van der Waals surface area (Å²) in [7, 11) is 0. The van der Waals surface area contributed by atoms with E-state index in [0.29, 0.717) is 5.92 Å². The second-order valence-electron chi connectivity index (χ2n) is 10.4. The minimum absolute atomic E-state index is 0.101. The molecule has 0 aliphatic heterocycles. The minimum Gasteiger partial charge on any atom is -0.370 e. The van der Waals surface area contributed by atoms with Gasteiger partial charge in [-0.05, 0) is 62.0 Å². The summed E-state index contributed by atoms with van der Waals surface area (Å²) in [5, 5.41) is 9.95. The van der Waals surface area contributed by atoms with Crippen molar-refractivity contribution in [2.24, 2.45) is 11.3 Å². The van der Waals surface area contributed by atoms with E-state index in [4.69, 9.17) is 4.74 Å². The quantitative estimate of drug-likeness (QED) is 0.282. The Morgan fingerprint density at radius 3 is 2.27 bits per heavy atom. The maximum Gasteiger partial charge on any atom is 0.0928 e. The first-order chi connectivity index (χ1) is 16.2. The molecule has 1 fully saturated rings. The van der Waals surface area contributed by atoms with E-state index in [0.717, 1.165) is 51.6 Å². The Labute approximate surface area is 203 Å². The van der Waals surface area contributed by atoms with Crippen LogP contribution in [0.15, 0.2) is 48.6 Å². The summed E-state index contributed by atoms with van der Waals surface area (Å²) in [4.78, 5) is 0. The first-order valence-corrected chi connectivity index (χ1v) is 13.7. The van der Waals surface area contributed by atoms with Crippen LogP contribution in [0.3, 0.4) is 0 Å². The first kappa shape index (κ1) is 25.8. The molecule has 2 nitrogen and oxygen atoms in total. The van der Waals surface area contributed by atoms with E-state index in [1.54, 1.807) is 0 Å². The SMILES string of the molecule is CCCCCCCCO[C@]1(C2CCC(C#N)(CCCC)CC2)C=CC(c2ccccc2)=CC1. The summed E-state index contributed by atoms with van der Waals surface area (Å²) in [5.74, 6) is 0.505. The predicted molar refractivity (Wildman–Crippen MR) is 140 cm³/mol. The van der Waals surface area contributed by atoms with Crippen molar-refractivity contribution in [3.8, 4) is 6.07 Å². The van der Waals surface area contributed by atoms with Crippen molar-refractivity contribution in [3.05, 3.63) is 54.1 Å². The summed E-state index contributed by atoms with van der Waals surface area (Å²) in [6.45, 7) is 5.35. The van der Waals surface area contributed by atoms with Crippen LogP contribution in [0.5, 0.6) is 0 Å². The van der Waals surface area contributed by atoms with E-state index in [-0.39, 0.29) is 11.0 Å². The Balaban J connectivity index is 1.65. The highest BCUT2D eigenvalue weighted by atomic mass is 16.5. The van der Waals surface area contributed by atoms with Gasteiger partial charge in [-0.3, -0.25) is 0 Å². The summed E-state index contributed by atoms with van der Waals surface area (Å²) < 4.78 is 6.77. The summed E-state index contributed by atoms with van der Waals surface area (Å²) in [6.07, 6.45) is 23.4. The fraction of sp³-hybridized carbons (Fsp3) is 0.645. The van der Waals surface area contributed by atoms with Gasteiger partial charge in [-0.25, -0.2) is 0 Å². The van der Waals surface area contributed by atoms with Gasteiger partial charge >= 0.3 is 0 Å². The zero-order valence-corrected chi connectivity index (χ0v) is 21.2. The van der Waals surface area contributed by atoms with Crippen molar-refractivity contribution < 1.29 is 4.74 Å². The van der Waals surface area contributed by atoms with Gasteiger partial charge in [-0.15, -0.1) is 0 Å². The van der Waals surface area contributed by atoms with Gasteiger partial charge < -0.3 is 4.74 Å². The van der Waals surface area contributed by atoms with Crippen LogP contribution in [0.4, 0.5) is 0 Å². The summed E-state index contributed by atoms with van der Waals surface area (Å²) in [6, 6.07) is 13.4. The molecule has 1 saturated carbocycles. The van der Waals surface area contributed by atoms with E-state index in [9.17, 15) is 5.26 Å². The van der Waals surface area contributed by atoms with Crippen molar-refractivity contribution in [1.82, 2.24) is 0 Å². The van der Waals surface area contributed by atoms with Crippen molar-refractivity contribution in [2.45, 2.75) is 109 Å². The molecule has 0 amide bonds. The molecule has 2 heteroatoms. The van der Waals surface area contributed by atoms with Crippen molar-refractivity contribution in [3.63, 3.8) is 0 Å². The molecule has 0 unspecified atom stereocenters. The van der Waals surface area contributed by atoms with Crippen LogP contribution in [0.1, 0.15) is 109 Å². The maximum absolute atomic E-state index is 9.95. The Kier molecular flexibility index (Phi) is 10.3. The minimum atomic E-state index is -0.200. The molecule has 0 radical (unpaired) electrons. The Morgan fingerprint density at radius 1 is 0.939 bits per heavy atom. The third-order valence-corrected chi connectivity index (χ3v) is 8.04. The van der Waals surface area contributed by atoms with Gasteiger partial charge in [-0.2, -0.15) is 5.26 Å². The number of nitriles is 1. The molecule has 0 bridgehead atoms. The van der Waals surface area contributed by atoms with Gasteiger partial charge in [0.05, 0.1) is 17.1 Å². The molecule has 0 N–H and O–H groups in total. The second-order valence-corrected chi connectivity index (χ2v) is 10.4. The molecule has 0 saturated heterocycles. The van der Waals surface area contributed by atoms with Crippen LogP contribution in [-0.4, -0.2) is 12.2 Å². The zero-order valence-electron chi connectivity index (χ0n) is 21.2. The normalized spacial score (nSPS) is 27.2. The van der Waals surface area contributed by atoms with Gasteiger partial charge in [0, 0.05) is 6.61 Å². The van der Waals surface area contributed by atoms with E-state index >= 15 is 0 Å². The molecule has 1 aromatic carbocycles. The number of rotatable bonds is 13. The van der Waals surface area contributed by atoms with Crippen LogP contribution >= 0.6 is 0 Å². The van der Waals surface area contributed by atoms with Crippen LogP contribution in [0.25, 0.3) is 5.57 Å². The van der Waals surface area contributed by atoms with E-state index in [1.807, 2.05) is 0 Å². The lowest BCUT2D eigenvalue weighted by Crippen LogP contribution is -2.43. The number of hydrogen-bond acceptors (Lipinski definition) is 2. The van der Waals surface area contributed by atoms with Crippen molar-refractivity contribution >= 4 is 5.57 Å². The largest absolute Gasteiger partial charge is 0.370 e. The second kappa shape index (κ2) is 13.1. The van der Waals surface area contributed by atoms with Gasteiger partial charge in [-0.1, -0.05) is 107 Å². The van der Waals surface area contributed by atoms with E-state index < -0.39 is 0 Å². The molecule has 2 aliphatic rings. The third kappa shape index (κ3) is 7.07. The highest BCUT2D eigenvalue weighted by molar-refractivity contribution is 5.75. The Bertz CT molecular complexity index is 794. The highest BCUT2D eigenvalue weighted by Gasteiger charge is 2.44. The maximum atomic E-state index is 9.95. The van der Waals surface area contributed by atoms with Gasteiger partial charge in [0.1, 0.15) is 0 Å². The number of unbranched alkanes of at least 4 members (excludes halogenated alkanes) is 6. The van der Waals surface area contributed by atoms with Crippen LogP contribution in [0.2, 0.25) is 0 Å². The van der Waals surface area contributed by atoms with Crippen LogP contribution < -0.4 is 0 Å². The molecule has 3 rings (SSSR count). The average Bonchev–Trinajstić information content (AvgIpc) is 2.88. The van der Waals surface area contributed by atoms with Crippen LogP contribution in [0, 0.1) is 22.7 Å². The molecule has 1 aromatic rings. The zero-order chi connectivity index (χ0) is 23.4. The lowest BCUT2D eigenvalue weighted by atomic mass is 9.64. The average molecular weight is 448 g/mol. The number of benzene rings is 1. The van der Waals surface area contributed by atoms with Gasteiger partial charge in [0.15, 0.2) is 0 Å². The standard InChI is InChI=1S/C31H45NO/c1-3-5-7-8-9-13-25-33-31(23-16-28(17-24-31)27-14-11-10-12-15-27)29-18-21-30(26-32,22-19-29)20-6-4-2/h10-12,14-17,23,29H,3-9,13,18-22,24-25H2,1-2H3/t29?,30?,31-/m1/s1. The topological polar surface area (TPSA) is 33.0 Å². The first-order valence-electron chi connectivity index (χ1n) is 13.7.